The summed E-state index contributed by atoms with van der Waals surface area (Å²) in [4.78, 5) is 17.2. The minimum Gasteiger partial charge on any atom is -0.208 e. The van der Waals surface area contributed by atoms with Crippen LogP contribution in [0, 0.1) is 0 Å². The van der Waals surface area contributed by atoms with Gasteiger partial charge in [0.2, 0.25) is 0 Å². The van der Waals surface area contributed by atoms with Crippen LogP contribution in [0.2, 0.25) is 0 Å². The highest BCUT2D eigenvalue weighted by Crippen LogP contribution is 2.45. The molecule has 0 amide bonds. The second-order valence-corrected chi connectivity index (χ2v) is 17.0. The first kappa shape index (κ1) is 34.1. The molecule has 0 fully saturated rings. The molecule has 11 aromatic carbocycles. The Balaban J connectivity index is 1.09. The Labute approximate surface area is 355 Å². The van der Waals surface area contributed by atoms with Gasteiger partial charge in [-0.15, -0.1) is 11.3 Å². The number of rotatable bonds is 5. The lowest BCUT2D eigenvalue weighted by atomic mass is 9.87. The summed E-state index contributed by atoms with van der Waals surface area (Å²) in [6.07, 6.45) is 0. The standard InChI is InChI=1S/C57H33N3S/c1-2-11-34(12-3-1)43-17-5-6-18-47(43)57-59-55(39-28-23-35(24-29-39)50-33-40-13-4-7-22-49(40)61-50)58-56(60-57)42-31-41-30-27-38-15-9-20-45-44-19-8-14-36-25-26-37-16-10-21-46(53(37)51(36)44)48(32-42)54(41)52(38)45/h1-33H. The van der Waals surface area contributed by atoms with E-state index in [9.17, 15) is 0 Å². The SMILES string of the molecule is c1ccc(-c2ccccc2-c2nc(-c3ccc(-c4cc5ccccc5s4)cc3)nc(-c3cc4ccc5cccc6c7cccc8ccc9cccc(c(c3)c4c56)c9c87)n2)cc1. The highest BCUT2D eigenvalue weighted by Gasteiger charge is 2.20. The van der Waals surface area contributed by atoms with Crippen LogP contribution in [-0.2, 0) is 0 Å². The van der Waals surface area contributed by atoms with Crippen molar-refractivity contribution in [3.8, 4) is 55.7 Å². The van der Waals surface area contributed by atoms with E-state index in [1.165, 1.54) is 79.8 Å². The molecule has 282 valence electrons. The van der Waals surface area contributed by atoms with Gasteiger partial charge in [-0.25, -0.2) is 15.0 Å². The van der Waals surface area contributed by atoms with Gasteiger partial charge in [-0.2, -0.15) is 0 Å². The molecule has 0 bridgehead atoms. The fourth-order valence-electron chi connectivity index (χ4n) is 9.62. The Morgan fingerprint density at radius 3 is 1.46 bits per heavy atom. The van der Waals surface area contributed by atoms with Gasteiger partial charge < -0.3 is 0 Å². The maximum Gasteiger partial charge on any atom is 0.164 e. The van der Waals surface area contributed by atoms with E-state index in [0.717, 1.165) is 33.2 Å². The summed E-state index contributed by atoms with van der Waals surface area (Å²) in [5.74, 6) is 1.91. The van der Waals surface area contributed by atoms with Crippen LogP contribution >= 0.6 is 11.3 Å². The predicted molar refractivity (Wildman–Crippen MR) is 259 cm³/mol. The highest BCUT2D eigenvalue weighted by atomic mass is 32.1. The quantitative estimate of drug-likeness (QED) is 0.163. The molecule has 0 saturated carbocycles. The van der Waals surface area contributed by atoms with E-state index >= 15 is 0 Å². The molecule has 2 aromatic heterocycles. The van der Waals surface area contributed by atoms with Gasteiger partial charge in [0.05, 0.1) is 0 Å². The smallest absolute Gasteiger partial charge is 0.164 e. The molecule has 0 radical (unpaired) electrons. The van der Waals surface area contributed by atoms with Crippen LogP contribution in [0.5, 0.6) is 0 Å². The van der Waals surface area contributed by atoms with Gasteiger partial charge in [0.25, 0.3) is 0 Å². The first-order valence-corrected chi connectivity index (χ1v) is 21.5. The fourth-order valence-corrected chi connectivity index (χ4v) is 10.7. The van der Waals surface area contributed by atoms with Crippen molar-refractivity contribution in [3.05, 3.63) is 200 Å². The molecule has 0 saturated heterocycles. The molecule has 4 heteroatoms. The van der Waals surface area contributed by atoms with Gasteiger partial charge in [0.15, 0.2) is 17.5 Å². The largest absolute Gasteiger partial charge is 0.208 e. The molecule has 0 aliphatic heterocycles. The molecule has 0 atom stereocenters. The van der Waals surface area contributed by atoms with Gasteiger partial charge in [0.1, 0.15) is 0 Å². The minimum atomic E-state index is 0.634. The van der Waals surface area contributed by atoms with Gasteiger partial charge in [-0.05, 0) is 111 Å². The molecule has 0 unspecified atom stereocenters. The van der Waals surface area contributed by atoms with Gasteiger partial charge in [-0.3, -0.25) is 0 Å². The summed E-state index contributed by atoms with van der Waals surface area (Å²) < 4.78 is 1.28. The first-order valence-electron chi connectivity index (χ1n) is 20.7. The van der Waals surface area contributed by atoms with Gasteiger partial charge in [-0.1, -0.05) is 176 Å². The summed E-state index contributed by atoms with van der Waals surface area (Å²) in [6, 6.07) is 72.3. The van der Waals surface area contributed by atoms with Crippen molar-refractivity contribution in [2.45, 2.75) is 0 Å². The molecule has 13 aromatic rings. The van der Waals surface area contributed by atoms with Crippen molar-refractivity contribution < 1.29 is 0 Å². The van der Waals surface area contributed by atoms with Crippen LogP contribution < -0.4 is 0 Å². The maximum absolute atomic E-state index is 5.38. The van der Waals surface area contributed by atoms with Crippen molar-refractivity contribution in [1.29, 1.82) is 0 Å². The van der Waals surface area contributed by atoms with Crippen molar-refractivity contribution in [3.63, 3.8) is 0 Å². The Morgan fingerprint density at radius 2 is 0.787 bits per heavy atom. The molecular weight excluding hydrogens is 759 g/mol. The van der Waals surface area contributed by atoms with E-state index in [2.05, 4.69) is 200 Å². The first-order chi connectivity index (χ1) is 30.2. The lowest BCUT2D eigenvalue weighted by Gasteiger charge is -2.17. The van der Waals surface area contributed by atoms with Gasteiger partial charge in [0, 0.05) is 26.3 Å². The van der Waals surface area contributed by atoms with Crippen LogP contribution in [0.15, 0.2) is 200 Å². The zero-order valence-corrected chi connectivity index (χ0v) is 33.6. The van der Waals surface area contributed by atoms with E-state index in [4.69, 9.17) is 15.0 Å². The van der Waals surface area contributed by atoms with E-state index in [1.54, 1.807) is 0 Å². The van der Waals surface area contributed by atoms with E-state index in [0.29, 0.717) is 17.5 Å². The monoisotopic (exact) mass is 791 g/mol. The van der Waals surface area contributed by atoms with Crippen LogP contribution in [0.25, 0.3) is 130 Å². The zero-order chi connectivity index (χ0) is 40.0. The number of fused-ring (bicyclic) bond motifs is 3. The summed E-state index contributed by atoms with van der Waals surface area (Å²) in [6.45, 7) is 0. The van der Waals surface area contributed by atoms with Crippen molar-refractivity contribution in [2.75, 3.05) is 0 Å². The molecule has 3 nitrogen and oxygen atoms in total. The van der Waals surface area contributed by atoms with E-state index < -0.39 is 0 Å². The van der Waals surface area contributed by atoms with Gasteiger partial charge >= 0.3 is 0 Å². The lowest BCUT2D eigenvalue weighted by Crippen LogP contribution is -2.01. The van der Waals surface area contributed by atoms with Crippen LogP contribution in [0.3, 0.4) is 0 Å². The number of hydrogen-bond acceptors (Lipinski definition) is 4. The Hall–Kier alpha value is -7.79. The number of nitrogens with zero attached hydrogens (tertiary/aromatic N) is 3. The third kappa shape index (κ3) is 5.39. The molecule has 0 spiro atoms. The number of thiophene rings is 1. The molecule has 0 aliphatic rings. The van der Waals surface area contributed by atoms with Crippen LogP contribution in [0.4, 0.5) is 0 Å². The molecule has 2 heterocycles. The fraction of sp³-hybridized carbons (Fsp3) is 0. The number of benzene rings is 10. The van der Waals surface area contributed by atoms with Crippen LogP contribution in [0.1, 0.15) is 0 Å². The minimum absolute atomic E-state index is 0.634. The third-order valence-corrected chi connectivity index (χ3v) is 13.6. The average Bonchev–Trinajstić information content (AvgIpc) is 3.77. The molecule has 0 N–H and O–H groups in total. The summed E-state index contributed by atoms with van der Waals surface area (Å²) in [7, 11) is 0. The maximum atomic E-state index is 5.38. The highest BCUT2D eigenvalue weighted by molar-refractivity contribution is 7.22. The van der Waals surface area contributed by atoms with Crippen molar-refractivity contribution in [1.82, 2.24) is 15.0 Å². The second-order valence-electron chi connectivity index (χ2n) is 15.9. The topological polar surface area (TPSA) is 38.7 Å². The predicted octanol–water partition coefficient (Wildman–Crippen LogP) is 15.8. The molecular formula is C57H33N3S. The average molecular weight is 792 g/mol. The molecule has 13 rings (SSSR count). The molecule has 0 aliphatic carbocycles. The van der Waals surface area contributed by atoms with Crippen LogP contribution in [-0.4, -0.2) is 15.0 Å². The summed E-state index contributed by atoms with van der Waals surface area (Å²) in [5, 5.41) is 16.1. The Morgan fingerprint density at radius 1 is 0.279 bits per heavy atom. The van der Waals surface area contributed by atoms with E-state index in [1.807, 2.05) is 11.3 Å². The molecule has 61 heavy (non-hydrogen) atoms. The van der Waals surface area contributed by atoms with Crippen molar-refractivity contribution >= 4 is 86.1 Å². The Kier molecular flexibility index (Phi) is 7.47. The number of hydrogen-bond donors (Lipinski definition) is 0. The summed E-state index contributed by atoms with van der Waals surface area (Å²) in [5.41, 5.74) is 6.20. The summed E-state index contributed by atoms with van der Waals surface area (Å²) >= 11 is 1.81. The van der Waals surface area contributed by atoms with Crippen molar-refractivity contribution in [2.24, 2.45) is 0 Å². The Bertz CT molecular complexity index is 3830. The second kappa shape index (κ2) is 13.4. The van der Waals surface area contributed by atoms with E-state index in [-0.39, 0.29) is 0 Å². The zero-order valence-electron chi connectivity index (χ0n) is 32.8. The number of aromatic nitrogens is 3. The third-order valence-electron chi connectivity index (χ3n) is 12.4. The normalized spacial score (nSPS) is 11.9. The lowest BCUT2D eigenvalue weighted by molar-refractivity contribution is 1.08.